The summed E-state index contributed by atoms with van der Waals surface area (Å²) < 4.78 is 115. The van der Waals surface area contributed by atoms with Crippen LogP contribution in [-0.2, 0) is 49.0 Å². The molecule has 14 nitrogen and oxygen atoms in total. The number of rotatable bonds is 10. The van der Waals surface area contributed by atoms with E-state index in [-0.39, 0.29) is 18.3 Å². The molecule has 2 aliphatic rings. The van der Waals surface area contributed by atoms with Gasteiger partial charge in [-0.2, -0.15) is 18.2 Å². The van der Waals surface area contributed by atoms with Gasteiger partial charge in [-0.3, -0.25) is 8.61 Å². The highest BCUT2D eigenvalue weighted by Crippen LogP contribution is 2.53. The number of benzene rings is 1. The highest BCUT2D eigenvalue weighted by Gasteiger charge is 2.47. The van der Waals surface area contributed by atoms with Crippen LogP contribution in [0.4, 0.5) is 42.3 Å². The molecule has 286 valence electrons. The van der Waals surface area contributed by atoms with E-state index < -0.39 is 57.9 Å². The van der Waals surface area contributed by atoms with E-state index >= 15 is 0 Å². The van der Waals surface area contributed by atoms with Crippen LogP contribution in [-0.4, -0.2) is 71.8 Å². The van der Waals surface area contributed by atoms with Crippen LogP contribution in [0.25, 0.3) is 0 Å². The molecule has 0 amide bonds. The molecule has 2 aliphatic heterocycles. The largest absolute Gasteiger partial charge is 0.421 e. The van der Waals surface area contributed by atoms with Crippen LogP contribution in [0.1, 0.15) is 64.5 Å². The van der Waals surface area contributed by atoms with Gasteiger partial charge < -0.3 is 10.6 Å². The Labute approximate surface area is 306 Å². The van der Waals surface area contributed by atoms with Crippen molar-refractivity contribution in [3.05, 3.63) is 88.9 Å². The minimum Gasteiger partial charge on any atom is -0.365 e. The molecule has 0 saturated carbocycles. The number of alkyl halides is 3. The summed E-state index contributed by atoms with van der Waals surface area (Å²) in [6.45, 7) is 1.76. The quantitative estimate of drug-likeness (QED) is 0.209. The maximum absolute atomic E-state index is 13.7. The van der Waals surface area contributed by atoms with Gasteiger partial charge in [0.05, 0.1) is 23.0 Å². The second kappa shape index (κ2) is 15.1. The van der Waals surface area contributed by atoms with E-state index in [1.165, 1.54) is 36.9 Å². The van der Waals surface area contributed by atoms with Crippen LogP contribution < -0.4 is 19.2 Å². The standard InChI is InChI=1S/C24H25F3N6O4S2.C9H14N2O2S/c1-33(38(2,34)35)22-14(5-4-10-28-22)12-29-21-18(24(25,26)27)13-30-23(32-21)31-15-8-9-16-17(11-15)20-7-3-6-19(16)39(20,36)37;1-4-8-6-5-7-10-9(8)11(2)14(3,12)13/h4-5,8-11,13,19-20H,3,6-7,12H2,1-2H3,(H2,29,30,31,32);5-7H,4H2,1-3H3. The molecule has 0 radical (unpaired) electrons. The average molecular weight is 797 g/mol. The number of halogens is 3. The van der Waals surface area contributed by atoms with Crippen molar-refractivity contribution in [2.75, 3.05) is 45.9 Å². The molecule has 0 spiro atoms. The number of nitrogens with one attached hydrogen (secondary N) is 2. The number of aryl methyl sites for hydroxylation is 1. The Balaban J connectivity index is 0.000000326. The van der Waals surface area contributed by atoms with Gasteiger partial charge in [-0.15, -0.1) is 0 Å². The first-order valence-corrected chi connectivity index (χ1v) is 21.6. The third-order valence-electron chi connectivity index (χ3n) is 9.01. The van der Waals surface area contributed by atoms with Crippen molar-refractivity contribution in [2.24, 2.45) is 0 Å². The first-order chi connectivity index (χ1) is 24.7. The zero-order valence-corrected chi connectivity index (χ0v) is 31.9. The summed E-state index contributed by atoms with van der Waals surface area (Å²) in [6.07, 6.45) is 3.70. The second-order valence-electron chi connectivity index (χ2n) is 12.6. The molecule has 2 bridgehead atoms. The monoisotopic (exact) mass is 796 g/mol. The Morgan fingerprint density at radius 1 is 0.849 bits per heavy atom. The van der Waals surface area contributed by atoms with Gasteiger partial charge in [0.2, 0.25) is 26.0 Å². The van der Waals surface area contributed by atoms with Crippen molar-refractivity contribution >= 4 is 59.0 Å². The van der Waals surface area contributed by atoms with Crippen molar-refractivity contribution in [2.45, 2.75) is 55.8 Å². The number of aromatic nitrogens is 4. The predicted molar refractivity (Wildman–Crippen MR) is 197 cm³/mol. The number of fused-ring (bicyclic) bond motifs is 5. The zero-order valence-electron chi connectivity index (χ0n) is 29.5. The van der Waals surface area contributed by atoms with Gasteiger partial charge in [0.15, 0.2) is 9.84 Å². The minimum atomic E-state index is -4.76. The molecule has 20 heteroatoms. The van der Waals surface area contributed by atoms with E-state index in [1.807, 2.05) is 13.0 Å². The molecular weight excluding hydrogens is 758 g/mol. The highest BCUT2D eigenvalue weighted by molar-refractivity contribution is 7.92. The summed E-state index contributed by atoms with van der Waals surface area (Å²) in [7, 11) is -7.37. The zero-order chi connectivity index (χ0) is 38.9. The molecule has 1 aromatic carbocycles. The lowest BCUT2D eigenvalue weighted by atomic mass is 10.0. The fourth-order valence-electron chi connectivity index (χ4n) is 6.15. The molecule has 1 fully saturated rings. The van der Waals surface area contributed by atoms with E-state index in [9.17, 15) is 38.4 Å². The lowest BCUT2D eigenvalue weighted by Gasteiger charge is -2.20. The van der Waals surface area contributed by atoms with Crippen LogP contribution in [0.2, 0.25) is 0 Å². The van der Waals surface area contributed by atoms with Crippen LogP contribution >= 0.6 is 0 Å². The lowest BCUT2D eigenvalue weighted by molar-refractivity contribution is -0.137. The summed E-state index contributed by atoms with van der Waals surface area (Å²) in [6, 6.07) is 11.8. The molecule has 6 rings (SSSR count). The van der Waals surface area contributed by atoms with Gasteiger partial charge in [0.1, 0.15) is 23.0 Å². The molecule has 5 heterocycles. The summed E-state index contributed by atoms with van der Waals surface area (Å²) in [4.78, 5) is 16.0. The normalized spacial score (nSPS) is 17.6. The molecule has 2 unspecified atom stereocenters. The first kappa shape index (κ1) is 39.6. The van der Waals surface area contributed by atoms with Gasteiger partial charge in [-0.25, -0.2) is 40.2 Å². The summed E-state index contributed by atoms with van der Waals surface area (Å²) >= 11 is 0. The SMILES string of the molecule is CCc1cccnc1N(C)S(C)(=O)=O.CN(c1ncccc1CNc1nc(Nc2ccc3c(c2)C2CCCC3S2(=O)=O)ncc1C(F)(F)F)S(C)(=O)=O. The van der Waals surface area contributed by atoms with Gasteiger partial charge in [-0.05, 0) is 60.2 Å². The smallest absolute Gasteiger partial charge is 0.365 e. The van der Waals surface area contributed by atoms with Crippen molar-refractivity contribution in [3.8, 4) is 0 Å². The average Bonchev–Trinajstić information content (AvgIpc) is 3.19. The van der Waals surface area contributed by atoms with Crippen molar-refractivity contribution < 1.29 is 38.4 Å². The second-order valence-corrected chi connectivity index (χ2v) is 18.9. The molecule has 2 N–H and O–H groups in total. The summed E-state index contributed by atoms with van der Waals surface area (Å²) in [5.74, 6) is -0.0744. The van der Waals surface area contributed by atoms with Crippen molar-refractivity contribution in [1.82, 2.24) is 19.9 Å². The molecule has 1 saturated heterocycles. The third kappa shape index (κ3) is 8.65. The van der Waals surface area contributed by atoms with Crippen LogP contribution in [0.5, 0.6) is 0 Å². The maximum atomic E-state index is 13.7. The van der Waals surface area contributed by atoms with Crippen LogP contribution in [0, 0.1) is 0 Å². The van der Waals surface area contributed by atoms with Crippen molar-refractivity contribution in [1.29, 1.82) is 0 Å². The number of hydrogen-bond donors (Lipinski definition) is 2. The van der Waals surface area contributed by atoms with Crippen LogP contribution in [0.3, 0.4) is 0 Å². The third-order valence-corrected chi connectivity index (χ3v) is 13.9. The lowest BCUT2D eigenvalue weighted by Crippen LogP contribution is -2.27. The van der Waals surface area contributed by atoms with E-state index in [0.717, 1.165) is 34.5 Å². The van der Waals surface area contributed by atoms with Crippen LogP contribution in [0.15, 0.2) is 61.1 Å². The van der Waals surface area contributed by atoms with Gasteiger partial charge in [-0.1, -0.05) is 31.5 Å². The number of hydrogen-bond acceptors (Lipinski definition) is 12. The maximum Gasteiger partial charge on any atom is 0.421 e. The Morgan fingerprint density at radius 2 is 1.42 bits per heavy atom. The van der Waals surface area contributed by atoms with E-state index in [0.29, 0.717) is 41.7 Å². The van der Waals surface area contributed by atoms with Crippen molar-refractivity contribution in [3.63, 3.8) is 0 Å². The van der Waals surface area contributed by atoms with Gasteiger partial charge in [0, 0.05) is 50.5 Å². The Hall–Kier alpha value is -4.56. The summed E-state index contributed by atoms with van der Waals surface area (Å²) in [5.41, 5.74) is 2.07. The van der Waals surface area contributed by atoms with E-state index in [2.05, 4.69) is 30.6 Å². The van der Waals surface area contributed by atoms with Gasteiger partial charge >= 0.3 is 6.18 Å². The Bertz CT molecular complexity index is 2330. The minimum absolute atomic E-state index is 0.0618. The Morgan fingerprint density at radius 3 is 1.98 bits per heavy atom. The molecule has 2 atom stereocenters. The number of anilines is 5. The predicted octanol–water partition coefficient (Wildman–Crippen LogP) is 5.38. The number of sulfone groups is 1. The first-order valence-electron chi connectivity index (χ1n) is 16.3. The molecule has 0 aliphatic carbocycles. The fraction of sp³-hybridized carbons (Fsp3) is 0.394. The van der Waals surface area contributed by atoms with Gasteiger partial charge in [0.25, 0.3) is 0 Å². The molecule has 3 aromatic heterocycles. The number of sulfonamides is 2. The molecular formula is C33H39F3N8O6S3. The summed E-state index contributed by atoms with van der Waals surface area (Å²) in [5, 5.41) is 4.42. The molecule has 53 heavy (non-hydrogen) atoms. The Kier molecular flexibility index (Phi) is 11.3. The topological polar surface area (TPSA) is 185 Å². The number of pyridine rings is 2. The van der Waals surface area contributed by atoms with E-state index in [1.54, 1.807) is 36.5 Å². The highest BCUT2D eigenvalue weighted by atomic mass is 32.2. The number of nitrogens with zero attached hydrogens (tertiary/aromatic N) is 6. The fourth-order valence-corrected chi connectivity index (χ4v) is 9.62. The molecule has 4 aromatic rings. The van der Waals surface area contributed by atoms with E-state index in [4.69, 9.17) is 0 Å².